The zero-order valence-electron chi connectivity index (χ0n) is 16.1. The van der Waals surface area contributed by atoms with E-state index in [0.717, 1.165) is 24.0 Å². The number of sulfonamides is 1. The van der Waals surface area contributed by atoms with Gasteiger partial charge in [0, 0.05) is 30.1 Å². The molecule has 30 heavy (non-hydrogen) atoms. The molecule has 1 aliphatic carbocycles. The minimum atomic E-state index is -3.24. The molecular formula is C23H20N2O4S. The van der Waals surface area contributed by atoms with E-state index in [1.54, 1.807) is 35.2 Å². The van der Waals surface area contributed by atoms with Gasteiger partial charge in [-0.25, -0.2) is 17.9 Å². The SMILES string of the molecule is O=C(O)c1cccc(C#Cc2cccc(CNS(=O)(=O)C3CC3)c2)c1-n1cccc1. The summed E-state index contributed by atoms with van der Waals surface area (Å²) in [4.78, 5) is 11.7. The van der Waals surface area contributed by atoms with Gasteiger partial charge in [0.2, 0.25) is 10.0 Å². The van der Waals surface area contributed by atoms with Crippen molar-refractivity contribution in [3.8, 4) is 17.5 Å². The van der Waals surface area contributed by atoms with Gasteiger partial charge in [0.1, 0.15) is 0 Å². The predicted molar refractivity (Wildman–Crippen MR) is 114 cm³/mol. The molecule has 2 aromatic carbocycles. The first kappa shape index (κ1) is 20.0. The van der Waals surface area contributed by atoms with E-state index in [2.05, 4.69) is 16.6 Å². The molecule has 1 saturated carbocycles. The van der Waals surface area contributed by atoms with Crippen LogP contribution in [0.4, 0.5) is 0 Å². The van der Waals surface area contributed by atoms with Crippen molar-refractivity contribution in [2.75, 3.05) is 0 Å². The van der Waals surface area contributed by atoms with Gasteiger partial charge in [0.25, 0.3) is 0 Å². The molecule has 1 aromatic heterocycles. The van der Waals surface area contributed by atoms with E-state index in [9.17, 15) is 18.3 Å². The molecule has 152 valence electrons. The average molecular weight is 420 g/mol. The number of hydrogen-bond donors (Lipinski definition) is 2. The van der Waals surface area contributed by atoms with E-state index in [1.165, 1.54) is 0 Å². The van der Waals surface area contributed by atoms with E-state index in [0.29, 0.717) is 11.3 Å². The van der Waals surface area contributed by atoms with Crippen LogP contribution in [-0.4, -0.2) is 29.3 Å². The monoisotopic (exact) mass is 420 g/mol. The van der Waals surface area contributed by atoms with Crippen LogP contribution in [0.3, 0.4) is 0 Å². The largest absolute Gasteiger partial charge is 0.478 e. The summed E-state index contributed by atoms with van der Waals surface area (Å²) >= 11 is 0. The van der Waals surface area contributed by atoms with Crippen molar-refractivity contribution in [3.63, 3.8) is 0 Å². The van der Waals surface area contributed by atoms with Crippen molar-refractivity contribution in [1.82, 2.24) is 9.29 Å². The van der Waals surface area contributed by atoms with Crippen LogP contribution in [0.2, 0.25) is 0 Å². The smallest absolute Gasteiger partial charge is 0.337 e. The summed E-state index contributed by atoms with van der Waals surface area (Å²) in [6.07, 6.45) is 5.00. The van der Waals surface area contributed by atoms with Crippen LogP contribution in [0.15, 0.2) is 67.0 Å². The molecule has 1 heterocycles. The summed E-state index contributed by atoms with van der Waals surface area (Å²) in [7, 11) is -3.24. The van der Waals surface area contributed by atoms with E-state index in [-0.39, 0.29) is 17.4 Å². The lowest BCUT2D eigenvalue weighted by Crippen LogP contribution is -2.26. The standard InChI is InChI=1S/C23H20N2O4S/c26-23(27)21-8-4-7-19(22(21)25-13-1-2-14-25)10-9-17-5-3-6-18(15-17)16-24-30(28,29)20-11-12-20/h1-8,13-15,20,24H,11-12,16H2,(H,26,27). The number of para-hydroxylation sites is 1. The Morgan fingerprint density at radius 1 is 1.07 bits per heavy atom. The second-order valence-electron chi connectivity index (χ2n) is 7.11. The van der Waals surface area contributed by atoms with Gasteiger partial charge in [0.05, 0.1) is 16.5 Å². The van der Waals surface area contributed by atoms with Gasteiger partial charge in [-0.2, -0.15) is 0 Å². The lowest BCUT2D eigenvalue weighted by atomic mass is 10.1. The fourth-order valence-corrected chi connectivity index (χ4v) is 4.52. The zero-order valence-corrected chi connectivity index (χ0v) is 16.9. The van der Waals surface area contributed by atoms with Crippen molar-refractivity contribution in [3.05, 3.63) is 89.2 Å². The van der Waals surface area contributed by atoms with Crippen molar-refractivity contribution in [1.29, 1.82) is 0 Å². The van der Waals surface area contributed by atoms with Crippen LogP contribution >= 0.6 is 0 Å². The van der Waals surface area contributed by atoms with Crippen LogP contribution in [0.5, 0.6) is 0 Å². The fraction of sp³-hybridized carbons (Fsp3) is 0.174. The van der Waals surface area contributed by atoms with Crippen LogP contribution in [-0.2, 0) is 16.6 Å². The number of nitrogens with one attached hydrogen (secondary N) is 1. The van der Waals surface area contributed by atoms with Crippen LogP contribution < -0.4 is 4.72 Å². The fourth-order valence-electron chi connectivity index (χ4n) is 3.16. The number of carboxylic acids is 1. The Balaban J connectivity index is 1.62. The quantitative estimate of drug-likeness (QED) is 0.600. The molecule has 0 radical (unpaired) electrons. The molecular weight excluding hydrogens is 400 g/mol. The number of aromatic nitrogens is 1. The Morgan fingerprint density at radius 2 is 1.80 bits per heavy atom. The first-order valence-electron chi connectivity index (χ1n) is 9.53. The maximum atomic E-state index is 12.0. The Labute approximate surface area is 175 Å². The second-order valence-corrected chi connectivity index (χ2v) is 9.16. The third-order valence-electron chi connectivity index (χ3n) is 4.84. The molecule has 1 fully saturated rings. The molecule has 2 N–H and O–H groups in total. The zero-order chi connectivity index (χ0) is 21.1. The van der Waals surface area contributed by atoms with Crippen molar-refractivity contribution in [2.24, 2.45) is 0 Å². The summed E-state index contributed by atoms with van der Waals surface area (Å²) in [5.74, 6) is 5.12. The van der Waals surface area contributed by atoms with E-state index in [4.69, 9.17) is 0 Å². The average Bonchev–Trinajstić information content (AvgIpc) is 3.47. The summed E-state index contributed by atoms with van der Waals surface area (Å²) in [5, 5.41) is 9.31. The Kier molecular flexibility index (Phi) is 5.44. The first-order chi connectivity index (χ1) is 14.4. The van der Waals surface area contributed by atoms with Gasteiger partial charge in [-0.3, -0.25) is 0 Å². The number of benzene rings is 2. The normalized spacial score (nSPS) is 13.5. The first-order valence-corrected chi connectivity index (χ1v) is 11.1. The van der Waals surface area contributed by atoms with Crippen LogP contribution in [0.1, 0.15) is 39.9 Å². The van der Waals surface area contributed by atoms with E-state index >= 15 is 0 Å². The highest BCUT2D eigenvalue weighted by molar-refractivity contribution is 7.90. The summed E-state index contributed by atoms with van der Waals surface area (Å²) in [6, 6.07) is 16.0. The molecule has 7 heteroatoms. The third-order valence-corrected chi connectivity index (χ3v) is 6.73. The molecule has 6 nitrogen and oxygen atoms in total. The minimum absolute atomic E-state index is 0.168. The second kappa shape index (κ2) is 8.19. The van der Waals surface area contributed by atoms with Crippen LogP contribution in [0, 0.1) is 11.8 Å². The molecule has 4 rings (SSSR count). The highest BCUT2D eigenvalue weighted by Gasteiger charge is 2.35. The lowest BCUT2D eigenvalue weighted by Gasteiger charge is -2.10. The van der Waals surface area contributed by atoms with Gasteiger partial charge >= 0.3 is 5.97 Å². The van der Waals surface area contributed by atoms with Gasteiger partial charge < -0.3 is 9.67 Å². The topological polar surface area (TPSA) is 88.4 Å². The number of rotatable bonds is 6. The van der Waals surface area contributed by atoms with Gasteiger partial charge in [-0.15, -0.1) is 0 Å². The molecule has 0 unspecified atom stereocenters. The molecule has 1 aliphatic rings. The summed E-state index contributed by atoms with van der Waals surface area (Å²) < 4.78 is 28.4. The molecule has 0 atom stereocenters. The summed E-state index contributed by atoms with van der Waals surface area (Å²) in [5.41, 5.74) is 2.80. The number of hydrogen-bond acceptors (Lipinski definition) is 3. The van der Waals surface area contributed by atoms with Gasteiger partial charge in [-0.1, -0.05) is 30.0 Å². The van der Waals surface area contributed by atoms with Crippen molar-refractivity contribution >= 4 is 16.0 Å². The highest BCUT2D eigenvalue weighted by Crippen LogP contribution is 2.27. The Morgan fingerprint density at radius 3 is 2.50 bits per heavy atom. The van der Waals surface area contributed by atoms with Crippen molar-refractivity contribution in [2.45, 2.75) is 24.6 Å². The highest BCUT2D eigenvalue weighted by atomic mass is 32.2. The molecule has 0 bridgehead atoms. The van der Waals surface area contributed by atoms with Crippen molar-refractivity contribution < 1.29 is 18.3 Å². The molecule has 0 saturated heterocycles. The predicted octanol–water partition coefficient (Wildman–Crippen LogP) is 3.16. The number of carboxylic acid groups (broad SMARTS) is 1. The van der Waals surface area contributed by atoms with Gasteiger partial charge in [-0.05, 0) is 54.8 Å². The van der Waals surface area contributed by atoms with E-state index in [1.807, 2.05) is 36.4 Å². The Bertz CT molecular complexity index is 1250. The summed E-state index contributed by atoms with van der Waals surface area (Å²) in [6.45, 7) is 0.220. The third kappa shape index (κ3) is 4.46. The molecule has 0 spiro atoms. The van der Waals surface area contributed by atoms with E-state index < -0.39 is 16.0 Å². The molecule has 3 aromatic rings. The number of carbonyl (C=O) groups is 1. The molecule has 0 aliphatic heterocycles. The van der Waals surface area contributed by atoms with Gasteiger partial charge in [0.15, 0.2) is 0 Å². The van der Waals surface area contributed by atoms with Crippen LogP contribution in [0.25, 0.3) is 5.69 Å². The number of aromatic carboxylic acids is 1. The minimum Gasteiger partial charge on any atom is -0.478 e. The maximum absolute atomic E-state index is 12.0. The number of nitrogens with zero attached hydrogens (tertiary/aromatic N) is 1. The Hall–Kier alpha value is -3.34. The maximum Gasteiger partial charge on any atom is 0.337 e. The molecule has 0 amide bonds. The lowest BCUT2D eigenvalue weighted by molar-refractivity contribution is 0.0697.